The third kappa shape index (κ3) is 2.52. The summed E-state index contributed by atoms with van der Waals surface area (Å²) in [5.74, 6) is 0.857. The zero-order chi connectivity index (χ0) is 14.0. The Balaban J connectivity index is 2.33. The van der Waals surface area contributed by atoms with Crippen LogP contribution in [0.1, 0.15) is 27.2 Å². The Bertz CT molecular complexity index is 601. The van der Waals surface area contributed by atoms with Gasteiger partial charge in [-0.25, -0.2) is 0 Å². The first-order valence-electron chi connectivity index (χ1n) is 6.29. The van der Waals surface area contributed by atoms with Gasteiger partial charge in [-0.1, -0.05) is 24.3 Å². The number of hydrogen-bond donors (Lipinski definition) is 0. The van der Waals surface area contributed by atoms with Gasteiger partial charge in [-0.3, -0.25) is 9.48 Å². The van der Waals surface area contributed by atoms with Crippen molar-refractivity contribution in [2.75, 3.05) is 11.9 Å². The van der Waals surface area contributed by atoms with Crippen molar-refractivity contribution in [1.82, 2.24) is 9.78 Å². The largest absolute Gasteiger partial charge is 0.355 e. The first kappa shape index (κ1) is 13.3. The molecule has 2 rings (SSSR count). The highest BCUT2D eigenvalue weighted by Gasteiger charge is 2.16. The van der Waals surface area contributed by atoms with Crippen LogP contribution in [0.2, 0.25) is 0 Å². The third-order valence-electron chi connectivity index (χ3n) is 3.39. The fraction of sp³-hybridized carbons (Fsp3) is 0.333. The van der Waals surface area contributed by atoms with E-state index in [1.165, 1.54) is 11.1 Å². The molecule has 19 heavy (non-hydrogen) atoms. The molecule has 1 aromatic heterocycles. The van der Waals surface area contributed by atoms with Gasteiger partial charge in [-0.15, -0.1) is 0 Å². The summed E-state index contributed by atoms with van der Waals surface area (Å²) in [5.41, 5.74) is 3.93. The number of benzene rings is 1. The number of nitrogens with zero attached hydrogens (tertiary/aromatic N) is 3. The average molecular weight is 257 g/mol. The van der Waals surface area contributed by atoms with E-state index in [1.807, 2.05) is 33.2 Å². The predicted molar refractivity (Wildman–Crippen MR) is 76.6 cm³/mol. The average Bonchev–Trinajstić information content (AvgIpc) is 2.66. The fourth-order valence-electron chi connectivity index (χ4n) is 2.37. The predicted octanol–water partition coefficient (Wildman–Crippen LogP) is 2.49. The van der Waals surface area contributed by atoms with Crippen LogP contribution in [0, 0.1) is 13.8 Å². The highest BCUT2D eigenvalue weighted by molar-refractivity contribution is 5.84. The van der Waals surface area contributed by atoms with Crippen LogP contribution >= 0.6 is 0 Å². The van der Waals surface area contributed by atoms with Crippen molar-refractivity contribution >= 4 is 12.1 Å². The number of carbonyl (C=O) groups is 1. The van der Waals surface area contributed by atoms with Gasteiger partial charge in [0.25, 0.3) is 0 Å². The Morgan fingerprint density at radius 1 is 1.32 bits per heavy atom. The Morgan fingerprint density at radius 2 is 2.00 bits per heavy atom. The van der Waals surface area contributed by atoms with Gasteiger partial charge in [0.1, 0.15) is 5.82 Å². The maximum atomic E-state index is 11.2. The van der Waals surface area contributed by atoms with Crippen molar-refractivity contribution < 1.29 is 4.79 Å². The van der Waals surface area contributed by atoms with Crippen molar-refractivity contribution in [2.45, 2.75) is 20.4 Å². The van der Waals surface area contributed by atoms with Gasteiger partial charge in [0.2, 0.25) is 0 Å². The summed E-state index contributed by atoms with van der Waals surface area (Å²) in [7, 11) is 3.85. The standard InChI is InChI=1S/C15H19N3O/c1-11-7-5-6-8-13(11)9-17(3)15-14(10-19)12(2)16-18(15)4/h5-8,10H,9H2,1-4H3. The summed E-state index contributed by atoms with van der Waals surface area (Å²) in [6, 6.07) is 8.27. The minimum Gasteiger partial charge on any atom is -0.355 e. The molecule has 0 fully saturated rings. The van der Waals surface area contributed by atoms with Gasteiger partial charge in [0.15, 0.2) is 6.29 Å². The molecule has 0 N–H and O–H groups in total. The molecule has 0 saturated carbocycles. The maximum absolute atomic E-state index is 11.2. The van der Waals surface area contributed by atoms with Crippen molar-refractivity contribution in [3.63, 3.8) is 0 Å². The summed E-state index contributed by atoms with van der Waals surface area (Å²) in [6.07, 6.45) is 0.881. The van der Waals surface area contributed by atoms with E-state index in [-0.39, 0.29) is 0 Å². The summed E-state index contributed by atoms with van der Waals surface area (Å²) in [6.45, 7) is 4.71. The van der Waals surface area contributed by atoms with Crippen molar-refractivity contribution in [1.29, 1.82) is 0 Å². The summed E-state index contributed by atoms with van der Waals surface area (Å²) in [4.78, 5) is 13.3. The molecule has 2 aromatic rings. The molecule has 0 amide bonds. The molecular formula is C15H19N3O. The molecule has 0 unspecified atom stereocenters. The molecule has 1 heterocycles. The van der Waals surface area contributed by atoms with Gasteiger partial charge in [-0.2, -0.15) is 5.10 Å². The number of aldehydes is 1. The van der Waals surface area contributed by atoms with Crippen LogP contribution in [0.5, 0.6) is 0 Å². The number of aryl methyl sites for hydroxylation is 3. The van der Waals surface area contributed by atoms with E-state index in [0.717, 1.165) is 24.3 Å². The lowest BCUT2D eigenvalue weighted by Crippen LogP contribution is -2.21. The number of hydrogen-bond acceptors (Lipinski definition) is 3. The van der Waals surface area contributed by atoms with Crippen molar-refractivity contribution in [2.24, 2.45) is 7.05 Å². The second-order valence-electron chi connectivity index (χ2n) is 4.85. The molecular weight excluding hydrogens is 238 g/mol. The quantitative estimate of drug-likeness (QED) is 0.790. The minimum absolute atomic E-state index is 0.665. The molecule has 1 aromatic carbocycles. The second-order valence-corrected chi connectivity index (χ2v) is 4.85. The van der Waals surface area contributed by atoms with Crippen LogP contribution in [-0.2, 0) is 13.6 Å². The highest BCUT2D eigenvalue weighted by Crippen LogP contribution is 2.22. The van der Waals surface area contributed by atoms with Crippen LogP contribution in [-0.4, -0.2) is 23.1 Å². The number of carbonyl (C=O) groups excluding carboxylic acids is 1. The first-order valence-corrected chi connectivity index (χ1v) is 6.29. The minimum atomic E-state index is 0.665. The number of rotatable bonds is 4. The maximum Gasteiger partial charge on any atom is 0.155 e. The smallest absolute Gasteiger partial charge is 0.155 e. The molecule has 0 aliphatic heterocycles. The monoisotopic (exact) mass is 257 g/mol. The van der Waals surface area contributed by atoms with E-state index in [0.29, 0.717) is 5.56 Å². The van der Waals surface area contributed by atoms with Gasteiger partial charge < -0.3 is 4.90 Å². The molecule has 0 spiro atoms. The van der Waals surface area contributed by atoms with Crippen LogP contribution in [0.3, 0.4) is 0 Å². The molecule has 0 radical (unpaired) electrons. The van der Waals surface area contributed by atoms with Gasteiger partial charge in [-0.05, 0) is 25.0 Å². The van der Waals surface area contributed by atoms with E-state index < -0.39 is 0 Å². The Hall–Kier alpha value is -2.10. The second kappa shape index (κ2) is 5.26. The fourth-order valence-corrected chi connectivity index (χ4v) is 2.37. The summed E-state index contributed by atoms with van der Waals surface area (Å²) < 4.78 is 1.76. The zero-order valence-electron chi connectivity index (χ0n) is 11.8. The van der Waals surface area contributed by atoms with E-state index in [4.69, 9.17) is 0 Å². The number of anilines is 1. The third-order valence-corrected chi connectivity index (χ3v) is 3.39. The lowest BCUT2D eigenvalue weighted by molar-refractivity contribution is 0.112. The summed E-state index contributed by atoms with van der Waals surface area (Å²) in [5, 5.41) is 4.31. The van der Waals surface area contributed by atoms with Gasteiger partial charge >= 0.3 is 0 Å². The number of aromatic nitrogens is 2. The molecule has 0 bridgehead atoms. The molecule has 4 heteroatoms. The van der Waals surface area contributed by atoms with Crippen LogP contribution < -0.4 is 4.90 Å². The van der Waals surface area contributed by atoms with Crippen molar-refractivity contribution in [3.05, 3.63) is 46.6 Å². The highest BCUT2D eigenvalue weighted by atomic mass is 16.1. The van der Waals surface area contributed by atoms with Crippen LogP contribution in [0.4, 0.5) is 5.82 Å². The lowest BCUT2D eigenvalue weighted by atomic mass is 10.1. The molecule has 0 saturated heterocycles. The van der Waals surface area contributed by atoms with Crippen LogP contribution in [0.25, 0.3) is 0 Å². The van der Waals surface area contributed by atoms with E-state index in [9.17, 15) is 4.79 Å². The zero-order valence-corrected chi connectivity index (χ0v) is 11.8. The Morgan fingerprint density at radius 3 is 2.63 bits per heavy atom. The normalized spacial score (nSPS) is 10.5. The topological polar surface area (TPSA) is 38.1 Å². The molecule has 0 aliphatic rings. The molecule has 0 atom stereocenters. The van der Waals surface area contributed by atoms with Gasteiger partial charge in [0, 0.05) is 20.6 Å². The van der Waals surface area contributed by atoms with Gasteiger partial charge in [0.05, 0.1) is 11.3 Å². The molecule has 4 nitrogen and oxygen atoms in total. The molecule has 0 aliphatic carbocycles. The first-order chi connectivity index (χ1) is 9.04. The molecule has 100 valence electrons. The van der Waals surface area contributed by atoms with Crippen LogP contribution in [0.15, 0.2) is 24.3 Å². The van der Waals surface area contributed by atoms with E-state index in [1.54, 1.807) is 4.68 Å². The lowest BCUT2D eigenvalue weighted by Gasteiger charge is -2.21. The van der Waals surface area contributed by atoms with E-state index in [2.05, 4.69) is 29.1 Å². The SMILES string of the molecule is Cc1ccccc1CN(C)c1c(C=O)c(C)nn1C. The summed E-state index contributed by atoms with van der Waals surface area (Å²) >= 11 is 0. The Labute approximate surface area is 113 Å². The van der Waals surface area contributed by atoms with E-state index >= 15 is 0 Å². The Kier molecular flexibility index (Phi) is 3.69. The van der Waals surface area contributed by atoms with Crippen molar-refractivity contribution in [3.8, 4) is 0 Å².